The minimum atomic E-state index is -1.14. The molecule has 0 saturated carbocycles. The van der Waals surface area contributed by atoms with Gasteiger partial charge in [-0.05, 0) is 39.8 Å². The van der Waals surface area contributed by atoms with Gasteiger partial charge in [0.25, 0.3) is 0 Å². The zero-order chi connectivity index (χ0) is 15.3. The zero-order valence-electron chi connectivity index (χ0n) is 12.5. The lowest BCUT2D eigenvalue weighted by atomic mass is 10.1. The number of hydrogen-bond acceptors (Lipinski definition) is 4. The lowest BCUT2D eigenvalue weighted by Gasteiger charge is -2.27. The van der Waals surface area contributed by atoms with Gasteiger partial charge in [0.05, 0.1) is 6.04 Å². The molecule has 0 aromatic heterocycles. The molecule has 0 saturated heterocycles. The van der Waals surface area contributed by atoms with Gasteiger partial charge in [0, 0.05) is 28.5 Å². The number of nitrogens with one attached hydrogen (secondary N) is 1. The van der Waals surface area contributed by atoms with Crippen molar-refractivity contribution in [1.29, 1.82) is 0 Å². The van der Waals surface area contributed by atoms with Crippen molar-refractivity contribution in [2.45, 2.75) is 38.5 Å². The summed E-state index contributed by atoms with van der Waals surface area (Å²) in [7, 11) is 1.58. The summed E-state index contributed by atoms with van der Waals surface area (Å²) in [5, 5.41) is 0. The maximum absolute atomic E-state index is 12.2. The molecule has 1 aromatic rings. The van der Waals surface area contributed by atoms with Crippen molar-refractivity contribution in [3.8, 4) is 5.75 Å². The van der Waals surface area contributed by atoms with E-state index >= 15 is 0 Å². The average Bonchev–Trinajstić information content (AvgIpc) is 2.35. The lowest BCUT2D eigenvalue weighted by Crippen LogP contribution is -2.40. The van der Waals surface area contributed by atoms with Crippen LogP contribution in [-0.4, -0.2) is 23.2 Å². The minimum absolute atomic E-state index is 0.0879. The topological polar surface area (TPSA) is 53.5 Å². The highest BCUT2D eigenvalue weighted by atomic mass is 79.9. The Bertz CT molecular complexity index is 437. The molecule has 0 aliphatic rings. The van der Waals surface area contributed by atoms with Gasteiger partial charge in [-0.1, -0.05) is 22.0 Å². The van der Waals surface area contributed by atoms with E-state index in [2.05, 4.69) is 20.7 Å². The van der Waals surface area contributed by atoms with Crippen molar-refractivity contribution in [1.82, 2.24) is 4.72 Å². The molecule has 114 valence electrons. The van der Waals surface area contributed by atoms with E-state index in [0.29, 0.717) is 5.75 Å². The molecule has 20 heavy (non-hydrogen) atoms. The maximum Gasteiger partial charge on any atom is 0.188 e. The summed E-state index contributed by atoms with van der Waals surface area (Å²) in [6.07, 6.45) is 0. The summed E-state index contributed by atoms with van der Waals surface area (Å²) in [4.78, 5) is 0. The van der Waals surface area contributed by atoms with E-state index in [-0.39, 0.29) is 17.6 Å². The zero-order valence-corrected chi connectivity index (χ0v) is 14.9. The van der Waals surface area contributed by atoms with E-state index < -0.39 is 11.4 Å². The first-order valence-corrected chi connectivity index (χ1v) is 8.29. The van der Waals surface area contributed by atoms with Crippen molar-refractivity contribution in [3.05, 3.63) is 28.2 Å². The quantitative estimate of drug-likeness (QED) is 0.620. The number of benzene rings is 1. The van der Waals surface area contributed by atoms with Crippen LogP contribution >= 0.6 is 15.9 Å². The van der Waals surface area contributed by atoms with E-state index in [1.807, 2.05) is 45.9 Å². The van der Waals surface area contributed by atoms with Crippen LogP contribution in [0.1, 0.15) is 39.3 Å². The standard InChI is InChI=1S/C14H22BrNO3S/c1-10(16-20(17)14(2,3)4)12-7-6-11(15)8-13(12)19-9-18-5/h6-8,10,16H,9H2,1-5H3/t10?,20-/m1/s1. The molecule has 0 aliphatic carbocycles. The van der Waals surface area contributed by atoms with Gasteiger partial charge in [-0.3, -0.25) is 0 Å². The molecule has 0 aliphatic heterocycles. The monoisotopic (exact) mass is 363 g/mol. The molecule has 6 heteroatoms. The fraction of sp³-hybridized carbons (Fsp3) is 0.571. The van der Waals surface area contributed by atoms with E-state index in [9.17, 15) is 4.55 Å². The number of hydrogen-bond donors (Lipinski definition) is 1. The van der Waals surface area contributed by atoms with Crippen LogP contribution in [0.4, 0.5) is 0 Å². The summed E-state index contributed by atoms with van der Waals surface area (Å²) in [5.41, 5.74) is 0.947. The van der Waals surface area contributed by atoms with Crippen LogP contribution in [0.5, 0.6) is 5.75 Å². The Labute approximate surface area is 132 Å². The first kappa shape index (κ1) is 17.8. The predicted molar refractivity (Wildman–Crippen MR) is 86.1 cm³/mol. The number of rotatable bonds is 6. The van der Waals surface area contributed by atoms with Crippen LogP contribution in [0, 0.1) is 0 Å². The molecule has 4 nitrogen and oxygen atoms in total. The highest BCUT2D eigenvalue weighted by Crippen LogP contribution is 2.30. The molecule has 0 radical (unpaired) electrons. The van der Waals surface area contributed by atoms with Crippen LogP contribution in [0.2, 0.25) is 0 Å². The Balaban J connectivity index is 2.88. The molecule has 2 atom stereocenters. The van der Waals surface area contributed by atoms with Crippen LogP contribution in [0.25, 0.3) is 0 Å². The minimum Gasteiger partial charge on any atom is -0.598 e. The summed E-state index contributed by atoms with van der Waals surface area (Å²) >= 11 is 2.28. The predicted octanol–water partition coefficient (Wildman–Crippen LogP) is 3.54. The van der Waals surface area contributed by atoms with Gasteiger partial charge in [-0.2, -0.15) is 0 Å². The van der Waals surface area contributed by atoms with Crippen molar-refractivity contribution in [2.75, 3.05) is 13.9 Å². The molecule has 1 aromatic carbocycles. The van der Waals surface area contributed by atoms with Crippen LogP contribution in [0.3, 0.4) is 0 Å². The summed E-state index contributed by atoms with van der Waals surface area (Å²) in [5.74, 6) is 0.715. The first-order valence-electron chi connectivity index (χ1n) is 6.35. The Hall–Kier alpha value is -0.270. The van der Waals surface area contributed by atoms with Crippen LogP contribution in [-0.2, 0) is 16.1 Å². The third-order valence-corrected chi connectivity index (χ3v) is 4.79. The summed E-state index contributed by atoms with van der Waals surface area (Å²) < 4.78 is 26.4. The van der Waals surface area contributed by atoms with E-state index in [4.69, 9.17) is 9.47 Å². The van der Waals surface area contributed by atoms with Gasteiger partial charge in [0.2, 0.25) is 0 Å². The molecule has 1 unspecified atom stereocenters. The number of ether oxygens (including phenoxy) is 2. The second-order valence-corrected chi connectivity index (χ2v) is 8.37. The fourth-order valence-corrected chi connectivity index (χ4v) is 2.66. The number of methoxy groups -OCH3 is 1. The van der Waals surface area contributed by atoms with Gasteiger partial charge < -0.3 is 14.0 Å². The summed E-state index contributed by atoms with van der Waals surface area (Å²) in [6, 6.07) is 5.68. The smallest absolute Gasteiger partial charge is 0.188 e. The van der Waals surface area contributed by atoms with Crippen molar-refractivity contribution >= 4 is 27.3 Å². The lowest BCUT2D eigenvalue weighted by molar-refractivity contribution is 0.0501. The summed E-state index contributed by atoms with van der Waals surface area (Å²) in [6.45, 7) is 7.96. The van der Waals surface area contributed by atoms with Crippen LogP contribution in [0.15, 0.2) is 22.7 Å². The van der Waals surface area contributed by atoms with E-state index in [0.717, 1.165) is 10.0 Å². The van der Waals surface area contributed by atoms with Crippen LogP contribution < -0.4 is 9.46 Å². The largest absolute Gasteiger partial charge is 0.598 e. The van der Waals surface area contributed by atoms with Crippen molar-refractivity contribution in [2.24, 2.45) is 0 Å². The van der Waals surface area contributed by atoms with E-state index in [1.54, 1.807) is 7.11 Å². The van der Waals surface area contributed by atoms with Crippen molar-refractivity contribution in [3.63, 3.8) is 0 Å². The SMILES string of the molecule is COCOc1cc(Br)ccc1C(C)N[S@+]([O-])C(C)(C)C. The molecule has 0 spiro atoms. The van der Waals surface area contributed by atoms with Gasteiger partial charge in [-0.25, -0.2) is 0 Å². The second-order valence-electron chi connectivity index (χ2n) is 5.45. The molecule has 0 fully saturated rings. The Morgan fingerprint density at radius 3 is 2.60 bits per heavy atom. The molecular formula is C14H22BrNO3S. The van der Waals surface area contributed by atoms with Gasteiger partial charge in [0.1, 0.15) is 10.5 Å². The Morgan fingerprint density at radius 1 is 1.40 bits per heavy atom. The maximum atomic E-state index is 12.2. The molecule has 1 N–H and O–H groups in total. The third kappa shape index (κ3) is 5.26. The van der Waals surface area contributed by atoms with Gasteiger partial charge in [0.15, 0.2) is 6.79 Å². The van der Waals surface area contributed by atoms with Gasteiger partial charge >= 0.3 is 0 Å². The molecule has 1 rings (SSSR count). The highest BCUT2D eigenvalue weighted by molar-refractivity contribution is 9.10. The molecular weight excluding hydrogens is 342 g/mol. The molecule has 0 bridgehead atoms. The Kier molecular flexibility index (Phi) is 6.81. The van der Waals surface area contributed by atoms with Crippen molar-refractivity contribution < 1.29 is 14.0 Å². The highest BCUT2D eigenvalue weighted by Gasteiger charge is 2.29. The second kappa shape index (κ2) is 7.66. The average molecular weight is 364 g/mol. The third-order valence-electron chi connectivity index (χ3n) is 2.61. The molecule has 0 amide bonds. The molecule has 0 heterocycles. The normalized spacial score (nSPS) is 14.9. The van der Waals surface area contributed by atoms with Gasteiger partial charge in [-0.15, -0.1) is 4.72 Å². The fourth-order valence-electron chi connectivity index (χ4n) is 1.51. The Morgan fingerprint density at radius 2 is 2.05 bits per heavy atom. The number of halogens is 1. The first-order chi connectivity index (χ1) is 9.25. The van der Waals surface area contributed by atoms with E-state index in [1.165, 1.54) is 0 Å².